The minimum atomic E-state index is -0.451. The fourth-order valence-electron chi connectivity index (χ4n) is 2.49. The van der Waals surface area contributed by atoms with E-state index in [1.807, 2.05) is 0 Å². The molecule has 0 unspecified atom stereocenters. The van der Waals surface area contributed by atoms with Gasteiger partial charge in [-0.15, -0.1) is 0 Å². The van der Waals surface area contributed by atoms with E-state index in [1.165, 1.54) is 37.9 Å². The summed E-state index contributed by atoms with van der Waals surface area (Å²) < 4.78 is 0. The SMILES string of the molecule is C[C@@H](N)C(=O)NCc1ccc(CN2CCCCC2)cc1. The van der Waals surface area contributed by atoms with Crippen molar-refractivity contribution in [3.8, 4) is 0 Å². The van der Waals surface area contributed by atoms with Crippen molar-refractivity contribution in [3.63, 3.8) is 0 Å². The summed E-state index contributed by atoms with van der Waals surface area (Å²) in [4.78, 5) is 13.9. The molecule has 1 aliphatic heterocycles. The lowest BCUT2D eigenvalue weighted by Gasteiger charge is -2.26. The number of hydrogen-bond acceptors (Lipinski definition) is 3. The molecule has 3 N–H and O–H groups in total. The van der Waals surface area contributed by atoms with Crippen molar-refractivity contribution in [2.24, 2.45) is 5.73 Å². The smallest absolute Gasteiger partial charge is 0.236 e. The first-order valence-electron chi connectivity index (χ1n) is 7.48. The van der Waals surface area contributed by atoms with Crippen molar-refractivity contribution in [3.05, 3.63) is 35.4 Å². The van der Waals surface area contributed by atoms with Gasteiger partial charge in [0.1, 0.15) is 0 Å². The molecule has 1 aromatic carbocycles. The van der Waals surface area contributed by atoms with Crippen LogP contribution in [0.5, 0.6) is 0 Å². The maximum atomic E-state index is 11.4. The third kappa shape index (κ3) is 4.62. The summed E-state index contributed by atoms with van der Waals surface area (Å²) in [6, 6.07) is 8.03. The van der Waals surface area contributed by atoms with E-state index >= 15 is 0 Å². The number of rotatable bonds is 5. The van der Waals surface area contributed by atoms with Crippen LogP contribution < -0.4 is 11.1 Å². The standard InChI is InChI=1S/C16H25N3O/c1-13(17)16(20)18-11-14-5-7-15(8-6-14)12-19-9-3-2-4-10-19/h5-8,13H,2-4,9-12,17H2,1H3,(H,18,20)/t13-/m1/s1. The van der Waals surface area contributed by atoms with Gasteiger partial charge in [-0.3, -0.25) is 9.69 Å². The van der Waals surface area contributed by atoms with Gasteiger partial charge in [-0.05, 0) is 44.0 Å². The molecule has 4 heteroatoms. The van der Waals surface area contributed by atoms with Crippen molar-refractivity contribution in [2.45, 2.75) is 45.3 Å². The van der Waals surface area contributed by atoms with Crippen LogP contribution in [0, 0.1) is 0 Å². The number of nitrogens with zero attached hydrogens (tertiary/aromatic N) is 1. The molecule has 0 aromatic heterocycles. The Morgan fingerprint density at radius 3 is 2.40 bits per heavy atom. The van der Waals surface area contributed by atoms with Crippen molar-refractivity contribution in [2.75, 3.05) is 13.1 Å². The van der Waals surface area contributed by atoms with Crippen LogP contribution in [-0.4, -0.2) is 29.9 Å². The van der Waals surface area contributed by atoms with E-state index < -0.39 is 6.04 Å². The zero-order valence-electron chi connectivity index (χ0n) is 12.3. The predicted molar refractivity (Wildman–Crippen MR) is 81.1 cm³/mol. The highest BCUT2D eigenvalue weighted by molar-refractivity contribution is 5.80. The number of carbonyl (C=O) groups is 1. The number of nitrogens with one attached hydrogen (secondary N) is 1. The molecule has 1 amide bonds. The Labute approximate surface area is 121 Å². The number of carbonyl (C=O) groups excluding carboxylic acids is 1. The van der Waals surface area contributed by atoms with E-state index in [9.17, 15) is 4.79 Å². The number of nitrogens with two attached hydrogens (primary N) is 1. The van der Waals surface area contributed by atoms with Crippen molar-refractivity contribution >= 4 is 5.91 Å². The Morgan fingerprint density at radius 1 is 1.20 bits per heavy atom. The predicted octanol–water partition coefficient (Wildman–Crippen LogP) is 1.64. The molecular formula is C16H25N3O. The first-order valence-corrected chi connectivity index (χ1v) is 7.48. The largest absolute Gasteiger partial charge is 0.351 e. The van der Waals surface area contributed by atoms with Crippen molar-refractivity contribution in [1.82, 2.24) is 10.2 Å². The van der Waals surface area contributed by atoms with E-state index in [4.69, 9.17) is 5.73 Å². The second-order valence-corrected chi connectivity index (χ2v) is 5.66. The monoisotopic (exact) mass is 275 g/mol. The Morgan fingerprint density at radius 2 is 1.80 bits per heavy atom. The normalized spacial score (nSPS) is 17.7. The van der Waals surface area contributed by atoms with Gasteiger partial charge in [0.25, 0.3) is 0 Å². The Kier molecular flexibility index (Phi) is 5.56. The summed E-state index contributed by atoms with van der Waals surface area (Å²) in [6.07, 6.45) is 4.01. The second-order valence-electron chi connectivity index (χ2n) is 5.66. The minimum absolute atomic E-state index is 0.109. The van der Waals surface area contributed by atoms with Gasteiger partial charge in [-0.25, -0.2) is 0 Å². The zero-order valence-corrected chi connectivity index (χ0v) is 12.3. The van der Waals surface area contributed by atoms with Crippen LogP contribution in [0.3, 0.4) is 0 Å². The first-order chi connectivity index (χ1) is 9.65. The van der Waals surface area contributed by atoms with Crippen molar-refractivity contribution < 1.29 is 4.79 Å². The molecule has 0 bridgehead atoms. The lowest BCUT2D eigenvalue weighted by atomic mass is 10.1. The van der Waals surface area contributed by atoms with E-state index in [-0.39, 0.29) is 5.91 Å². The number of likely N-dealkylation sites (tertiary alicyclic amines) is 1. The van der Waals surface area contributed by atoms with Gasteiger partial charge >= 0.3 is 0 Å². The molecule has 1 aliphatic rings. The van der Waals surface area contributed by atoms with E-state index in [1.54, 1.807) is 6.92 Å². The quantitative estimate of drug-likeness (QED) is 0.859. The van der Waals surface area contributed by atoms with Crippen LogP contribution in [-0.2, 0) is 17.9 Å². The average Bonchev–Trinajstić information content (AvgIpc) is 2.47. The highest BCUT2D eigenvalue weighted by atomic mass is 16.2. The highest BCUT2D eigenvalue weighted by Gasteiger charge is 2.10. The number of piperidine rings is 1. The van der Waals surface area contributed by atoms with E-state index in [0.29, 0.717) is 6.54 Å². The molecule has 1 fully saturated rings. The van der Waals surface area contributed by atoms with Crippen LogP contribution in [0.15, 0.2) is 24.3 Å². The lowest BCUT2D eigenvalue weighted by molar-refractivity contribution is -0.122. The van der Waals surface area contributed by atoms with E-state index in [2.05, 4.69) is 34.5 Å². The molecule has 1 aromatic rings. The summed E-state index contributed by atoms with van der Waals surface area (Å²) in [5, 5.41) is 2.82. The van der Waals surface area contributed by atoms with Gasteiger partial charge in [0.15, 0.2) is 0 Å². The third-order valence-electron chi connectivity index (χ3n) is 3.76. The maximum Gasteiger partial charge on any atom is 0.236 e. The van der Waals surface area contributed by atoms with Crippen LogP contribution in [0.1, 0.15) is 37.3 Å². The van der Waals surface area contributed by atoms with Gasteiger partial charge in [0.05, 0.1) is 6.04 Å². The van der Waals surface area contributed by atoms with E-state index in [0.717, 1.165) is 12.1 Å². The second kappa shape index (κ2) is 7.41. The molecule has 2 rings (SSSR count). The van der Waals surface area contributed by atoms with Gasteiger partial charge in [-0.2, -0.15) is 0 Å². The highest BCUT2D eigenvalue weighted by Crippen LogP contribution is 2.13. The molecule has 4 nitrogen and oxygen atoms in total. The zero-order chi connectivity index (χ0) is 14.4. The average molecular weight is 275 g/mol. The Hall–Kier alpha value is -1.39. The van der Waals surface area contributed by atoms with Gasteiger partial charge in [-0.1, -0.05) is 30.7 Å². The van der Waals surface area contributed by atoms with Gasteiger partial charge in [0, 0.05) is 13.1 Å². The molecule has 1 atom stereocenters. The minimum Gasteiger partial charge on any atom is -0.351 e. The summed E-state index contributed by atoms with van der Waals surface area (Å²) in [7, 11) is 0. The molecule has 1 heterocycles. The molecule has 1 saturated heterocycles. The van der Waals surface area contributed by atoms with Crippen molar-refractivity contribution in [1.29, 1.82) is 0 Å². The first kappa shape index (κ1) is 15.0. The molecule has 0 saturated carbocycles. The van der Waals surface area contributed by atoms with Crippen LogP contribution >= 0.6 is 0 Å². The summed E-state index contributed by atoms with van der Waals surface area (Å²) in [5.41, 5.74) is 7.96. The molecule has 0 radical (unpaired) electrons. The van der Waals surface area contributed by atoms with Crippen LogP contribution in [0.4, 0.5) is 0 Å². The maximum absolute atomic E-state index is 11.4. The van der Waals surface area contributed by atoms with Crippen LogP contribution in [0.2, 0.25) is 0 Å². The number of amides is 1. The molecule has 20 heavy (non-hydrogen) atoms. The number of benzene rings is 1. The summed E-state index contributed by atoms with van der Waals surface area (Å²) >= 11 is 0. The molecule has 0 spiro atoms. The topological polar surface area (TPSA) is 58.4 Å². The van der Waals surface area contributed by atoms with Gasteiger partial charge < -0.3 is 11.1 Å². The summed E-state index contributed by atoms with van der Waals surface area (Å²) in [6.45, 7) is 5.70. The fraction of sp³-hybridized carbons (Fsp3) is 0.562. The Balaban J connectivity index is 1.81. The summed E-state index contributed by atoms with van der Waals surface area (Å²) in [5.74, 6) is -0.109. The van der Waals surface area contributed by atoms with Crippen LogP contribution in [0.25, 0.3) is 0 Å². The molecule has 110 valence electrons. The molecular weight excluding hydrogens is 250 g/mol. The number of hydrogen-bond donors (Lipinski definition) is 2. The van der Waals surface area contributed by atoms with Gasteiger partial charge in [0.2, 0.25) is 5.91 Å². The Bertz CT molecular complexity index is 422. The lowest BCUT2D eigenvalue weighted by Crippen LogP contribution is -2.37. The third-order valence-corrected chi connectivity index (χ3v) is 3.76. The fourth-order valence-corrected chi connectivity index (χ4v) is 2.49. The molecule has 0 aliphatic carbocycles.